The second kappa shape index (κ2) is 7.88. The van der Waals surface area contributed by atoms with Crippen LogP contribution in [0.25, 0.3) is 0 Å². The molecule has 3 heteroatoms. The molecule has 0 radical (unpaired) electrons. The molecule has 0 saturated carbocycles. The number of methoxy groups -OCH3 is 1. The molecule has 18 heavy (non-hydrogen) atoms. The molecule has 0 saturated heterocycles. The van der Waals surface area contributed by atoms with Crippen molar-refractivity contribution in [2.75, 3.05) is 7.11 Å². The minimum Gasteiger partial charge on any atom is -0.388 e. The summed E-state index contributed by atoms with van der Waals surface area (Å²) in [7, 11) is 1.76. The van der Waals surface area contributed by atoms with Gasteiger partial charge < -0.3 is 10.5 Å². The van der Waals surface area contributed by atoms with Crippen LogP contribution < -0.4 is 5.73 Å². The smallest absolute Gasteiger partial charge is 0.0905 e. The molecular formula is C15H24N2O. The number of benzene rings is 1. The second-order valence-corrected chi connectivity index (χ2v) is 4.68. The average molecular weight is 248 g/mol. The van der Waals surface area contributed by atoms with Crippen molar-refractivity contribution in [1.82, 2.24) is 0 Å². The zero-order chi connectivity index (χ0) is 13.4. The molecule has 1 aromatic rings. The Morgan fingerprint density at radius 2 is 1.94 bits per heavy atom. The molecule has 3 N–H and O–H groups in total. The number of amidine groups is 1. The van der Waals surface area contributed by atoms with E-state index in [0.717, 1.165) is 19.3 Å². The zero-order valence-electron chi connectivity index (χ0n) is 11.4. The van der Waals surface area contributed by atoms with Crippen LogP contribution in [-0.2, 0) is 4.74 Å². The van der Waals surface area contributed by atoms with Gasteiger partial charge in [-0.3, -0.25) is 5.41 Å². The van der Waals surface area contributed by atoms with Crippen LogP contribution in [-0.4, -0.2) is 12.9 Å². The summed E-state index contributed by atoms with van der Waals surface area (Å²) in [5.41, 5.74) is 6.67. The van der Waals surface area contributed by atoms with Crippen LogP contribution in [0.5, 0.6) is 0 Å². The Labute approximate surface area is 110 Å². The van der Waals surface area contributed by atoms with Crippen molar-refractivity contribution in [3.63, 3.8) is 0 Å². The highest BCUT2D eigenvalue weighted by Gasteiger charge is 2.22. The van der Waals surface area contributed by atoms with E-state index >= 15 is 0 Å². The van der Waals surface area contributed by atoms with E-state index in [-0.39, 0.29) is 11.9 Å². The molecular weight excluding hydrogens is 224 g/mol. The number of nitrogens with one attached hydrogen (secondary N) is 1. The molecule has 1 rings (SSSR count). The van der Waals surface area contributed by atoms with Gasteiger partial charge in [0, 0.05) is 13.5 Å². The predicted octanol–water partition coefficient (Wildman–Crippen LogP) is 3.51. The van der Waals surface area contributed by atoms with Crippen LogP contribution in [0.2, 0.25) is 0 Å². The SMILES string of the molecule is CCCC(CCC(=N)N)C(OC)c1ccccc1. The first-order chi connectivity index (χ1) is 8.69. The lowest BCUT2D eigenvalue weighted by atomic mass is 9.88. The van der Waals surface area contributed by atoms with Gasteiger partial charge in [-0.15, -0.1) is 0 Å². The summed E-state index contributed by atoms with van der Waals surface area (Å²) in [6.45, 7) is 2.18. The first-order valence-electron chi connectivity index (χ1n) is 6.59. The van der Waals surface area contributed by atoms with Gasteiger partial charge in [0.05, 0.1) is 11.9 Å². The molecule has 0 heterocycles. The summed E-state index contributed by atoms with van der Waals surface area (Å²) in [6.07, 6.45) is 3.88. The minimum atomic E-state index is 0.102. The van der Waals surface area contributed by atoms with E-state index in [0.29, 0.717) is 12.3 Å². The van der Waals surface area contributed by atoms with Gasteiger partial charge in [0.2, 0.25) is 0 Å². The van der Waals surface area contributed by atoms with E-state index in [1.165, 1.54) is 5.56 Å². The molecule has 1 aromatic carbocycles. The van der Waals surface area contributed by atoms with E-state index in [2.05, 4.69) is 19.1 Å². The molecule has 0 fully saturated rings. The van der Waals surface area contributed by atoms with Crippen molar-refractivity contribution in [1.29, 1.82) is 5.41 Å². The van der Waals surface area contributed by atoms with Gasteiger partial charge in [0.1, 0.15) is 0 Å². The maximum Gasteiger partial charge on any atom is 0.0905 e. The second-order valence-electron chi connectivity index (χ2n) is 4.68. The molecule has 0 aliphatic heterocycles. The summed E-state index contributed by atoms with van der Waals surface area (Å²) in [5, 5.41) is 7.36. The standard InChI is InChI=1S/C15H24N2O/c1-3-7-12(10-11-14(16)17)15(18-2)13-8-5-4-6-9-13/h4-6,8-9,12,15H,3,7,10-11H2,1-2H3,(H3,16,17). The quantitative estimate of drug-likeness (QED) is 0.546. The highest BCUT2D eigenvalue weighted by molar-refractivity contribution is 5.76. The molecule has 3 nitrogen and oxygen atoms in total. The molecule has 0 bridgehead atoms. The summed E-state index contributed by atoms with van der Waals surface area (Å²) >= 11 is 0. The lowest BCUT2D eigenvalue weighted by Crippen LogP contribution is -2.18. The van der Waals surface area contributed by atoms with E-state index in [1.54, 1.807) is 7.11 Å². The monoisotopic (exact) mass is 248 g/mol. The van der Waals surface area contributed by atoms with Crippen LogP contribution in [0.15, 0.2) is 30.3 Å². The first kappa shape index (κ1) is 14.7. The number of hydrogen-bond donors (Lipinski definition) is 2. The lowest BCUT2D eigenvalue weighted by molar-refractivity contribution is 0.0442. The van der Waals surface area contributed by atoms with Crippen LogP contribution in [0.1, 0.15) is 44.3 Å². The fourth-order valence-electron chi connectivity index (χ4n) is 2.40. The van der Waals surface area contributed by atoms with E-state index in [4.69, 9.17) is 15.9 Å². The zero-order valence-corrected chi connectivity index (χ0v) is 11.4. The van der Waals surface area contributed by atoms with Gasteiger partial charge in [-0.25, -0.2) is 0 Å². The van der Waals surface area contributed by atoms with Crippen molar-refractivity contribution in [3.05, 3.63) is 35.9 Å². The highest BCUT2D eigenvalue weighted by Crippen LogP contribution is 2.32. The Morgan fingerprint density at radius 3 is 2.44 bits per heavy atom. The number of nitrogens with two attached hydrogens (primary N) is 1. The van der Waals surface area contributed by atoms with Crippen molar-refractivity contribution >= 4 is 5.84 Å². The van der Waals surface area contributed by atoms with Gasteiger partial charge >= 0.3 is 0 Å². The van der Waals surface area contributed by atoms with Crippen LogP contribution in [0.3, 0.4) is 0 Å². The molecule has 2 atom stereocenters. The van der Waals surface area contributed by atoms with Crippen LogP contribution >= 0.6 is 0 Å². The number of hydrogen-bond acceptors (Lipinski definition) is 2. The molecule has 100 valence electrons. The maximum absolute atomic E-state index is 7.36. The van der Waals surface area contributed by atoms with Gasteiger partial charge in [-0.2, -0.15) is 0 Å². The number of ether oxygens (including phenoxy) is 1. The van der Waals surface area contributed by atoms with E-state index in [1.807, 2.05) is 18.2 Å². The normalized spacial score (nSPS) is 14.1. The Morgan fingerprint density at radius 1 is 1.28 bits per heavy atom. The molecule has 0 aliphatic carbocycles. The topological polar surface area (TPSA) is 59.1 Å². The van der Waals surface area contributed by atoms with Crippen LogP contribution in [0, 0.1) is 11.3 Å². The van der Waals surface area contributed by atoms with E-state index in [9.17, 15) is 0 Å². The molecule has 0 spiro atoms. The summed E-state index contributed by atoms with van der Waals surface area (Å²) in [5.74, 6) is 0.685. The third kappa shape index (κ3) is 4.49. The predicted molar refractivity (Wildman–Crippen MR) is 75.7 cm³/mol. The molecule has 2 unspecified atom stereocenters. The fraction of sp³-hybridized carbons (Fsp3) is 0.533. The van der Waals surface area contributed by atoms with E-state index < -0.39 is 0 Å². The molecule has 0 aliphatic rings. The van der Waals surface area contributed by atoms with Crippen molar-refractivity contribution < 1.29 is 4.74 Å². The molecule has 0 amide bonds. The third-order valence-corrected chi connectivity index (χ3v) is 3.25. The average Bonchev–Trinajstić information content (AvgIpc) is 2.38. The fourth-order valence-corrected chi connectivity index (χ4v) is 2.40. The lowest BCUT2D eigenvalue weighted by Gasteiger charge is -2.26. The Bertz CT molecular complexity index is 351. The minimum absolute atomic E-state index is 0.102. The summed E-state index contributed by atoms with van der Waals surface area (Å²) in [4.78, 5) is 0. The van der Waals surface area contributed by atoms with Gasteiger partial charge in [-0.05, 0) is 24.3 Å². The van der Waals surface area contributed by atoms with Crippen molar-refractivity contribution in [2.45, 2.75) is 38.7 Å². The molecule has 0 aromatic heterocycles. The largest absolute Gasteiger partial charge is 0.388 e. The third-order valence-electron chi connectivity index (χ3n) is 3.25. The first-order valence-corrected chi connectivity index (χ1v) is 6.59. The van der Waals surface area contributed by atoms with Gasteiger partial charge in [0.15, 0.2) is 0 Å². The van der Waals surface area contributed by atoms with Crippen molar-refractivity contribution in [2.24, 2.45) is 11.7 Å². The van der Waals surface area contributed by atoms with Crippen LogP contribution in [0.4, 0.5) is 0 Å². The van der Waals surface area contributed by atoms with Crippen molar-refractivity contribution in [3.8, 4) is 0 Å². The number of rotatable bonds is 8. The Balaban J connectivity index is 2.77. The van der Waals surface area contributed by atoms with Gasteiger partial charge in [-0.1, -0.05) is 43.7 Å². The van der Waals surface area contributed by atoms with Gasteiger partial charge in [0.25, 0.3) is 0 Å². The Hall–Kier alpha value is -1.35. The maximum atomic E-state index is 7.36. The highest BCUT2D eigenvalue weighted by atomic mass is 16.5. The summed E-state index contributed by atoms with van der Waals surface area (Å²) < 4.78 is 5.67. The summed E-state index contributed by atoms with van der Waals surface area (Å²) in [6, 6.07) is 10.3. The Kier molecular flexibility index (Phi) is 6.44.